The molecule has 0 heterocycles. The van der Waals surface area contributed by atoms with Crippen LogP contribution in [0.25, 0.3) is 0 Å². The van der Waals surface area contributed by atoms with Crippen LogP contribution in [0.5, 0.6) is 5.75 Å². The van der Waals surface area contributed by atoms with E-state index in [4.69, 9.17) is 5.11 Å². The van der Waals surface area contributed by atoms with Gasteiger partial charge in [0.2, 0.25) is 6.41 Å². The van der Waals surface area contributed by atoms with Gasteiger partial charge in [0.05, 0.1) is 12.5 Å². The molecule has 1 unspecified atom stereocenters. The number of rotatable bonds is 6. The molecule has 0 spiro atoms. The molecule has 1 aromatic carbocycles. The number of ether oxygens (including phenoxy) is 1. The lowest BCUT2D eigenvalue weighted by Crippen LogP contribution is -2.25. The van der Waals surface area contributed by atoms with Gasteiger partial charge >= 0.3 is 12.3 Å². The summed E-state index contributed by atoms with van der Waals surface area (Å²) in [6.45, 7) is 0. The largest absolute Gasteiger partial charge is 0.573 e. The minimum Gasteiger partial charge on any atom is -0.481 e. The normalized spacial score (nSPS) is 12.6. The summed E-state index contributed by atoms with van der Waals surface area (Å²) in [6.07, 6.45) is -5.24. The van der Waals surface area contributed by atoms with E-state index in [-0.39, 0.29) is 12.0 Å². The lowest BCUT2D eigenvalue weighted by molar-refractivity contribution is -0.275. The second kappa shape index (κ2) is 6.07. The highest BCUT2D eigenvalue weighted by atomic mass is 19.4. The highest BCUT2D eigenvalue weighted by molar-refractivity contribution is 5.69. The predicted octanol–water partition coefficient (Wildman–Crippen LogP) is 1.85. The Labute approximate surface area is 106 Å². The second-order valence-corrected chi connectivity index (χ2v) is 3.52. The zero-order chi connectivity index (χ0) is 14.5. The summed E-state index contributed by atoms with van der Waals surface area (Å²) >= 11 is 0. The molecular weight excluding hydrogens is 267 g/mol. The van der Waals surface area contributed by atoms with E-state index < -0.39 is 30.5 Å². The van der Waals surface area contributed by atoms with Crippen molar-refractivity contribution in [2.24, 2.45) is 0 Å². The fourth-order valence-corrected chi connectivity index (χ4v) is 1.50. The lowest BCUT2D eigenvalue weighted by atomic mass is 10.0. The summed E-state index contributed by atoms with van der Waals surface area (Å²) in [5.74, 6) is -1.81. The Morgan fingerprint density at radius 2 is 2.05 bits per heavy atom. The van der Waals surface area contributed by atoms with Crippen molar-refractivity contribution in [1.82, 2.24) is 5.32 Å². The molecule has 0 aliphatic rings. The Kier molecular flexibility index (Phi) is 4.74. The van der Waals surface area contributed by atoms with Crippen molar-refractivity contribution in [3.8, 4) is 5.75 Å². The lowest BCUT2D eigenvalue weighted by Gasteiger charge is -2.19. The molecule has 0 saturated carbocycles. The van der Waals surface area contributed by atoms with Crippen LogP contribution in [-0.2, 0) is 9.59 Å². The van der Waals surface area contributed by atoms with Crippen molar-refractivity contribution in [2.75, 3.05) is 0 Å². The topological polar surface area (TPSA) is 75.6 Å². The van der Waals surface area contributed by atoms with Crippen LogP contribution in [-0.4, -0.2) is 23.8 Å². The van der Waals surface area contributed by atoms with Gasteiger partial charge in [0, 0.05) is 5.56 Å². The summed E-state index contributed by atoms with van der Waals surface area (Å²) < 4.78 is 40.4. The van der Waals surface area contributed by atoms with E-state index in [1.807, 2.05) is 0 Å². The first kappa shape index (κ1) is 14.8. The van der Waals surface area contributed by atoms with E-state index in [9.17, 15) is 22.8 Å². The minimum atomic E-state index is -4.90. The van der Waals surface area contributed by atoms with E-state index in [2.05, 4.69) is 10.1 Å². The Bertz CT molecular complexity index is 461. The first-order valence-electron chi connectivity index (χ1n) is 5.09. The van der Waals surface area contributed by atoms with Crippen molar-refractivity contribution in [1.29, 1.82) is 0 Å². The molecule has 2 N–H and O–H groups in total. The van der Waals surface area contributed by atoms with Gasteiger partial charge < -0.3 is 15.2 Å². The summed E-state index contributed by atoms with van der Waals surface area (Å²) in [4.78, 5) is 21.0. The molecule has 1 amide bonds. The fourth-order valence-electron chi connectivity index (χ4n) is 1.50. The summed E-state index contributed by atoms with van der Waals surface area (Å²) in [7, 11) is 0. The quantitative estimate of drug-likeness (QED) is 0.778. The van der Waals surface area contributed by atoms with Crippen molar-refractivity contribution in [2.45, 2.75) is 18.8 Å². The number of alkyl halides is 3. The number of halogens is 3. The van der Waals surface area contributed by atoms with Crippen LogP contribution in [0.1, 0.15) is 18.0 Å². The molecule has 0 fully saturated rings. The Hall–Kier alpha value is -2.25. The molecule has 0 bridgehead atoms. The maximum atomic E-state index is 12.2. The number of carbonyl (C=O) groups is 2. The molecule has 1 atom stereocenters. The smallest absolute Gasteiger partial charge is 0.481 e. The maximum absolute atomic E-state index is 12.2. The van der Waals surface area contributed by atoms with Crippen molar-refractivity contribution in [3.63, 3.8) is 0 Å². The highest BCUT2D eigenvalue weighted by Crippen LogP contribution is 2.31. The van der Waals surface area contributed by atoms with Gasteiger partial charge in [0.25, 0.3) is 0 Å². The molecule has 1 rings (SSSR count). The molecule has 8 heteroatoms. The van der Waals surface area contributed by atoms with E-state index in [0.29, 0.717) is 0 Å². The van der Waals surface area contributed by atoms with Crippen LogP contribution < -0.4 is 10.1 Å². The van der Waals surface area contributed by atoms with Gasteiger partial charge in [-0.1, -0.05) is 18.2 Å². The van der Waals surface area contributed by atoms with Gasteiger partial charge in [-0.15, -0.1) is 13.2 Å². The first-order chi connectivity index (χ1) is 8.83. The first-order valence-corrected chi connectivity index (χ1v) is 5.09. The second-order valence-electron chi connectivity index (χ2n) is 3.52. The van der Waals surface area contributed by atoms with E-state index in [1.165, 1.54) is 18.2 Å². The number of hydrogen-bond donors (Lipinski definition) is 2. The van der Waals surface area contributed by atoms with Gasteiger partial charge in [-0.25, -0.2) is 0 Å². The highest BCUT2D eigenvalue weighted by Gasteiger charge is 2.33. The number of carboxylic acid groups (broad SMARTS) is 1. The third-order valence-electron chi connectivity index (χ3n) is 2.17. The van der Waals surface area contributed by atoms with Gasteiger partial charge in [-0.2, -0.15) is 0 Å². The molecule has 0 aliphatic heterocycles. The van der Waals surface area contributed by atoms with E-state index in [1.54, 1.807) is 0 Å². The number of carboxylic acids is 1. The van der Waals surface area contributed by atoms with Crippen molar-refractivity contribution < 1.29 is 32.6 Å². The average Bonchev–Trinajstić information content (AvgIpc) is 2.26. The van der Waals surface area contributed by atoms with Gasteiger partial charge in [0.1, 0.15) is 5.75 Å². The Morgan fingerprint density at radius 1 is 1.42 bits per heavy atom. The number of hydrogen-bond acceptors (Lipinski definition) is 3. The van der Waals surface area contributed by atoms with Crippen LogP contribution >= 0.6 is 0 Å². The minimum absolute atomic E-state index is 0.0608. The molecule has 0 radical (unpaired) electrons. The van der Waals surface area contributed by atoms with Crippen molar-refractivity contribution >= 4 is 12.4 Å². The standard InChI is InChI=1S/C11H10F3NO4/c12-11(13,14)19-9-4-2-1-3-7(9)8(15-6-16)5-10(17)18/h1-4,6,8H,5H2,(H,15,16)(H,17,18). The number of aliphatic carboxylic acids is 1. The van der Waals surface area contributed by atoms with Crippen LogP contribution in [0.2, 0.25) is 0 Å². The van der Waals surface area contributed by atoms with Gasteiger partial charge in [-0.05, 0) is 6.07 Å². The third kappa shape index (κ3) is 4.86. The molecular formula is C11H10F3NO4. The molecule has 0 saturated heterocycles. The molecule has 0 aliphatic carbocycles. The predicted molar refractivity (Wildman–Crippen MR) is 57.3 cm³/mol. The zero-order valence-corrected chi connectivity index (χ0v) is 9.48. The Balaban J connectivity index is 3.07. The number of benzene rings is 1. The number of amides is 1. The van der Waals surface area contributed by atoms with Gasteiger partial charge in [0.15, 0.2) is 0 Å². The average molecular weight is 277 g/mol. The SMILES string of the molecule is O=CNC(CC(=O)O)c1ccccc1OC(F)(F)F. The molecule has 19 heavy (non-hydrogen) atoms. The van der Waals surface area contributed by atoms with Crippen LogP contribution in [0.4, 0.5) is 13.2 Å². The molecule has 104 valence electrons. The number of carbonyl (C=O) groups excluding carboxylic acids is 1. The molecule has 1 aromatic rings. The Morgan fingerprint density at radius 3 is 2.58 bits per heavy atom. The molecule has 0 aromatic heterocycles. The van der Waals surface area contributed by atoms with Crippen LogP contribution in [0.3, 0.4) is 0 Å². The number of nitrogens with one attached hydrogen (secondary N) is 1. The van der Waals surface area contributed by atoms with Crippen molar-refractivity contribution in [3.05, 3.63) is 29.8 Å². The van der Waals surface area contributed by atoms with E-state index >= 15 is 0 Å². The summed E-state index contributed by atoms with van der Waals surface area (Å²) in [5.41, 5.74) is -0.0608. The number of para-hydroxylation sites is 1. The third-order valence-corrected chi connectivity index (χ3v) is 2.17. The summed E-state index contributed by atoms with van der Waals surface area (Å²) in [5, 5.41) is 10.8. The summed E-state index contributed by atoms with van der Waals surface area (Å²) in [6, 6.07) is 3.92. The zero-order valence-electron chi connectivity index (χ0n) is 9.48. The van der Waals surface area contributed by atoms with E-state index in [0.717, 1.165) is 6.07 Å². The van der Waals surface area contributed by atoms with Crippen LogP contribution in [0, 0.1) is 0 Å². The monoisotopic (exact) mass is 277 g/mol. The molecule has 5 nitrogen and oxygen atoms in total. The maximum Gasteiger partial charge on any atom is 0.573 e. The van der Waals surface area contributed by atoms with Crippen LogP contribution in [0.15, 0.2) is 24.3 Å². The fraction of sp³-hybridized carbons (Fsp3) is 0.273. The van der Waals surface area contributed by atoms with Gasteiger partial charge in [-0.3, -0.25) is 9.59 Å².